The Bertz CT molecular complexity index is 1050. The fourth-order valence-corrected chi connectivity index (χ4v) is 4.63. The number of nitrogens with two attached hydrogens (primary N) is 1. The molecule has 2 amide bonds. The summed E-state index contributed by atoms with van der Waals surface area (Å²) in [5, 5.41) is 23.0. The molecule has 0 aromatic heterocycles. The highest BCUT2D eigenvalue weighted by molar-refractivity contribution is 5.94. The number of unbranched alkanes of at least 4 members (excludes halogenated alkanes) is 1. The van der Waals surface area contributed by atoms with Gasteiger partial charge in [0.2, 0.25) is 5.91 Å². The van der Waals surface area contributed by atoms with Crippen molar-refractivity contribution in [2.24, 2.45) is 5.73 Å². The van der Waals surface area contributed by atoms with Crippen molar-refractivity contribution < 1.29 is 67.5 Å². The summed E-state index contributed by atoms with van der Waals surface area (Å²) in [5.74, 6) is -8.35. The van der Waals surface area contributed by atoms with Crippen LogP contribution in [0, 0.1) is 0 Å². The second-order valence-corrected chi connectivity index (χ2v) is 10.0. The number of carbonyl (C=O) groups excluding carboxylic acids is 6. The van der Waals surface area contributed by atoms with E-state index in [4.69, 9.17) is 29.8 Å². The average Bonchev–Trinajstić information content (AvgIpc) is 2.86. The molecule has 0 aliphatic heterocycles. The maximum Gasteiger partial charge on any atom is 0.326 e. The average molecular weight is 618 g/mol. The van der Waals surface area contributed by atoms with Crippen LogP contribution in [-0.4, -0.2) is 100 Å². The summed E-state index contributed by atoms with van der Waals surface area (Å²) < 4.78 is 21.2. The first kappa shape index (κ1) is 36.7. The first-order chi connectivity index (χ1) is 20.0. The summed E-state index contributed by atoms with van der Waals surface area (Å²) >= 11 is 0. The molecule has 17 heteroatoms. The lowest BCUT2D eigenvalue weighted by molar-refractivity contribution is -0.215. The maximum absolute atomic E-state index is 13.9. The zero-order chi connectivity index (χ0) is 32.9. The zero-order valence-corrected chi connectivity index (χ0v) is 24.4. The van der Waals surface area contributed by atoms with Crippen LogP contribution >= 0.6 is 0 Å². The summed E-state index contributed by atoms with van der Waals surface area (Å²) in [5.41, 5.74) is 3.32. The summed E-state index contributed by atoms with van der Waals surface area (Å²) in [4.78, 5) is 97.4. The number of carboxylic acids is 2. The Balaban J connectivity index is 3.49. The van der Waals surface area contributed by atoms with Gasteiger partial charge in [0.05, 0.1) is 0 Å². The van der Waals surface area contributed by atoms with Gasteiger partial charge in [0.15, 0.2) is 11.7 Å². The number of aliphatic carboxylic acids is 2. The van der Waals surface area contributed by atoms with E-state index in [9.17, 15) is 43.5 Å². The van der Waals surface area contributed by atoms with E-state index in [1.807, 2.05) is 0 Å². The summed E-state index contributed by atoms with van der Waals surface area (Å²) in [6.45, 7) is 4.35. The predicted octanol–water partition coefficient (Wildman–Crippen LogP) is -1.07. The van der Waals surface area contributed by atoms with Crippen LogP contribution in [0.4, 0.5) is 0 Å². The molecule has 1 fully saturated rings. The normalized spacial score (nSPS) is 22.6. The molecule has 0 radical (unpaired) electrons. The molecule has 43 heavy (non-hydrogen) atoms. The third-order valence-electron chi connectivity index (χ3n) is 6.31. The van der Waals surface area contributed by atoms with Gasteiger partial charge in [-0.1, -0.05) is 0 Å². The minimum Gasteiger partial charge on any atom is -0.481 e. The van der Waals surface area contributed by atoms with Crippen LogP contribution in [0.2, 0.25) is 0 Å². The second-order valence-electron chi connectivity index (χ2n) is 10.0. The fraction of sp³-hybridized carbons (Fsp3) is 0.692. The number of hydrogen-bond acceptors (Lipinski definition) is 13. The van der Waals surface area contributed by atoms with Crippen LogP contribution in [0.15, 0.2) is 0 Å². The smallest absolute Gasteiger partial charge is 0.326 e. The first-order valence-electron chi connectivity index (χ1n) is 13.5. The Labute approximate surface area is 247 Å². The number of amides is 2. The number of nitrogens with one attached hydrogen (secondary N) is 2. The molecule has 0 saturated heterocycles. The number of carboxylic acid groups (broad SMARTS) is 2. The highest BCUT2D eigenvalue weighted by atomic mass is 16.6. The lowest BCUT2D eigenvalue weighted by Crippen LogP contribution is -2.64. The highest BCUT2D eigenvalue weighted by Crippen LogP contribution is 2.38. The Morgan fingerprint density at radius 1 is 0.767 bits per heavy atom. The second kappa shape index (κ2) is 17.0. The van der Waals surface area contributed by atoms with Gasteiger partial charge in [-0.3, -0.25) is 33.6 Å². The fourth-order valence-electron chi connectivity index (χ4n) is 4.63. The van der Waals surface area contributed by atoms with Crippen LogP contribution in [0.25, 0.3) is 0 Å². The van der Waals surface area contributed by atoms with Gasteiger partial charge in [0.25, 0.3) is 5.91 Å². The Morgan fingerprint density at radius 3 is 1.72 bits per heavy atom. The number of esters is 4. The van der Waals surface area contributed by atoms with Gasteiger partial charge in [-0.25, -0.2) is 4.79 Å². The molecule has 1 aliphatic carbocycles. The third-order valence-corrected chi connectivity index (χ3v) is 6.31. The number of rotatable bonds is 16. The first-order valence-corrected chi connectivity index (χ1v) is 13.5. The van der Waals surface area contributed by atoms with Crippen molar-refractivity contribution in [2.45, 2.75) is 109 Å². The largest absolute Gasteiger partial charge is 0.481 e. The molecule has 242 valence electrons. The lowest BCUT2D eigenvalue weighted by Gasteiger charge is -2.45. The molecule has 0 unspecified atom stereocenters. The maximum atomic E-state index is 13.9. The molecular weight excluding hydrogens is 578 g/mol. The van der Waals surface area contributed by atoms with E-state index in [-0.39, 0.29) is 13.0 Å². The van der Waals surface area contributed by atoms with E-state index < -0.39 is 109 Å². The van der Waals surface area contributed by atoms with Crippen LogP contribution in [0.1, 0.15) is 72.6 Å². The molecule has 1 saturated carbocycles. The van der Waals surface area contributed by atoms with Gasteiger partial charge in [-0.05, 0) is 32.2 Å². The van der Waals surface area contributed by atoms with Crippen molar-refractivity contribution in [2.75, 3.05) is 6.54 Å². The SMILES string of the molecule is CC(=O)OC1[C@@H](OC(C)=O)CC(OC(C)=O)(C(=O)N[C@@H](CCCCN)C(=O)N[C@@H](CCC(=O)O)C(=O)O)C[C@@H]1OC(C)=O. The van der Waals surface area contributed by atoms with Crippen molar-refractivity contribution in [1.29, 1.82) is 0 Å². The van der Waals surface area contributed by atoms with E-state index >= 15 is 0 Å². The van der Waals surface area contributed by atoms with E-state index in [0.29, 0.717) is 12.8 Å². The quantitative estimate of drug-likeness (QED) is 0.0783. The number of carbonyl (C=O) groups is 8. The minimum atomic E-state index is -2.22. The van der Waals surface area contributed by atoms with Gasteiger partial charge < -0.3 is 45.5 Å². The Hall–Kier alpha value is -4.28. The molecule has 4 atom stereocenters. The van der Waals surface area contributed by atoms with Crippen LogP contribution in [0.3, 0.4) is 0 Å². The molecule has 0 spiro atoms. The zero-order valence-electron chi connectivity index (χ0n) is 24.4. The minimum absolute atomic E-state index is 0.0486. The van der Waals surface area contributed by atoms with Gasteiger partial charge >= 0.3 is 35.8 Å². The third kappa shape index (κ3) is 12.2. The molecule has 0 heterocycles. The number of ether oxygens (including phenoxy) is 4. The summed E-state index contributed by atoms with van der Waals surface area (Å²) in [6, 6.07) is -3.01. The lowest BCUT2D eigenvalue weighted by atomic mass is 9.78. The molecule has 6 N–H and O–H groups in total. The van der Waals surface area contributed by atoms with E-state index in [1.165, 1.54) is 0 Å². The summed E-state index contributed by atoms with van der Waals surface area (Å²) in [6.07, 6.45) is -5.74. The van der Waals surface area contributed by atoms with Crippen LogP contribution in [-0.2, 0) is 57.3 Å². The predicted molar refractivity (Wildman–Crippen MR) is 142 cm³/mol. The molecular formula is C26H39N3O14. The van der Waals surface area contributed by atoms with Crippen molar-refractivity contribution in [1.82, 2.24) is 10.6 Å². The molecule has 0 aromatic rings. The molecule has 0 bridgehead atoms. The van der Waals surface area contributed by atoms with Gasteiger partial charge in [-0.2, -0.15) is 0 Å². The Morgan fingerprint density at radius 2 is 1.30 bits per heavy atom. The van der Waals surface area contributed by atoms with Gasteiger partial charge in [-0.15, -0.1) is 0 Å². The van der Waals surface area contributed by atoms with Crippen molar-refractivity contribution in [3.8, 4) is 0 Å². The van der Waals surface area contributed by atoms with Gasteiger partial charge in [0, 0.05) is 47.0 Å². The molecule has 0 aromatic carbocycles. The Kier molecular flexibility index (Phi) is 14.5. The molecule has 1 aliphatic rings. The van der Waals surface area contributed by atoms with Gasteiger partial charge in [0.1, 0.15) is 24.3 Å². The topological polar surface area (TPSA) is 264 Å². The van der Waals surface area contributed by atoms with Crippen molar-refractivity contribution in [3.05, 3.63) is 0 Å². The van der Waals surface area contributed by atoms with Crippen molar-refractivity contribution in [3.63, 3.8) is 0 Å². The van der Waals surface area contributed by atoms with E-state index in [2.05, 4.69) is 10.6 Å². The molecule has 1 rings (SSSR count). The van der Waals surface area contributed by atoms with E-state index in [1.54, 1.807) is 0 Å². The summed E-state index contributed by atoms with van der Waals surface area (Å²) in [7, 11) is 0. The van der Waals surface area contributed by atoms with E-state index in [0.717, 1.165) is 27.7 Å². The van der Waals surface area contributed by atoms with Crippen molar-refractivity contribution >= 4 is 47.6 Å². The standard InChI is InChI=1S/C26H39N3O14/c1-13(30)40-19-11-26(43-16(4)33,12-20(41-14(2)31)22(19)42-15(3)32)25(39)29-17(7-5-6-10-27)23(36)28-18(24(37)38)8-9-21(34)35/h17-20,22H,5-12,27H2,1-4H3,(H,28,36)(H,29,39)(H,34,35)(H,37,38)/t17-,18-,19-,20-,22?,26?/m0/s1. The highest BCUT2D eigenvalue weighted by Gasteiger charge is 2.57. The monoisotopic (exact) mass is 617 g/mol. The van der Waals surface area contributed by atoms with Crippen LogP contribution < -0.4 is 16.4 Å². The number of hydrogen-bond donors (Lipinski definition) is 5. The molecule has 17 nitrogen and oxygen atoms in total. The van der Waals surface area contributed by atoms with Crippen LogP contribution in [0.5, 0.6) is 0 Å².